The van der Waals surface area contributed by atoms with Crippen LogP contribution in [0.15, 0.2) is 0 Å². The van der Waals surface area contributed by atoms with E-state index in [-0.39, 0.29) is 10.5 Å². The number of aliphatic hydroxyl groups excluding tert-OH is 2. The monoisotopic (exact) mass is 216 g/mol. The normalized spacial score (nSPS) is 18.9. The quantitative estimate of drug-likeness (QED) is 0.510. The van der Waals surface area contributed by atoms with E-state index in [1.165, 1.54) is 0 Å². The van der Waals surface area contributed by atoms with Gasteiger partial charge in [-0.2, -0.15) is 0 Å². The molecule has 0 rings (SSSR count). The van der Waals surface area contributed by atoms with Gasteiger partial charge in [0.05, 0.1) is 12.7 Å². The van der Waals surface area contributed by atoms with Crippen LogP contribution >= 0.6 is 22.6 Å². The molecule has 0 fully saturated rings. The first kappa shape index (κ1) is 7.65. The summed E-state index contributed by atoms with van der Waals surface area (Å²) in [6.07, 6.45) is -0.555. The van der Waals surface area contributed by atoms with E-state index in [4.69, 9.17) is 10.2 Å². The van der Waals surface area contributed by atoms with Crippen LogP contribution < -0.4 is 0 Å². The summed E-state index contributed by atoms with van der Waals surface area (Å²) in [4.78, 5) is 0. The molecule has 0 aromatic carbocycles. The Balaban J connectivity index is 3.14. The molecule has 44 valence electrons. The van der Waals surface area contributed by atoms with Gasteiger partial charge in [0.2, 0.25) is 0 Å². The Morgan fingerprint density at radius 2 is 2.14 bits per heavy atom. The predicted octanol–water partition coefficient (Wildman–Crippen LogP) is 0.163. The van der Waals surface area contributed by atoms with Crippen molar-refractivity contribution in [3.63, 3.8) is 0 Å². The first-order valence-corrected chi connectivity index (χ1v) is 3.36. The van der Waals surface area contributed by atoms with Crippen LogP contribution in [0, 0.1) is 0 Å². The molecule has 0 bridgehead atoms. The van der Waals surface area contributed by atoms with Crippen LogP contribution in [0.25, 0.3) is 0 Å². The van der Waals surface area contributed by atoms with E-state index in [1.807, 2.05) is 6.92 Å². The molecule has 0 spiro atoms. The van der Waals surface area contributed by atoms with Gasteiger partial charge in [-0.3, -0.25) is 0 Å². The summed E-state index contributed by atoms with van der Waals surface area (Å²) in [5, 5.41) is 16.9. The van der Waals surface area contributed by atoms with E-state index in [9.17, 15) is 0 Å². The van der Waals surface area contributed by atoms with Gasteiger partial charge in [0.25, 0.3) is 0 Å². The first-order chi connectivity index (χ1) is 3.18. The highest BCUT2D eigenvalue weighted by Gasteiger charge is 2.06. The van der Waals surface area contributed by atoms with Gasteiger partial charge in [-0.1, -0.05) is 29.5 Å². The number of aliphatic hydroxyl groups is 2. The molecule has 3 heteroatoms. The maximum absolute atomic E-state index is 8.68. The zero-order valence-electron chi connectivity index (χ0n) is 4.13. The lowest BCUT2D eigenvalue weighted by molar-refractivity contribution is 0.0997. The van der Waals surface area contributed by atoms with Crippen molar-refractivity contribution in [1.82, 2.24) is 0 Å². The molecule has 0 aliphatic rings. The summed E-state index contributed by atoms with van der Waals surface area (Å²) in [5.74, 6) is 0. The Morgan fingerprint density at radius 1 is 1.71 bits per heavy atom. The third-order valence-corrected chi connectivity index (χ3v) is 1.55. The van der Waals surface area contributed by atoms with Crippen LogP contribution in [0.2, 0.25) is 0 Å². The molecule has 2 N–H and O–H groups in total. The average Bonchev–Trinajstić information content (AvgIpc) is 1.65. The molecule has 0 aromatic rings. The number of halogens is 1. The molecular formula is C4H9IO2. The molecule has 0 amide bonds. The molecular weight excluding hydrogens is 207 g/mol. The number of rotatable bonds is 2. The summed E-state index contributed by atoms with van der Waals surface area (Å²) >= 11 is 2.06. The second-order valence-corrected chi connectivity index (χ2v) is 3.39. The van der Waals surface area contributed by atoms with Crippen LogP contribution in [-0.4, -0.2) is 26.8 Å². The lowest BCUT2D eigenvalue weighted by Crippen LogP contribution is -2.20. The van der Waals surface area contributed by atoms with Crippen molar-refractivity contribution in [2.24, 2.45) is 0 Å². The molecule has 7 heavy (non-hydrogen) atoms. The Kier molecular flexibility index (Phi) is 3.96. The minimum Gasteiger partial charge on any atom is -0.394 e. The number of alkyl halides is 1. The zero-order chi connectivity index (χ0) is 5.86. The molecule has 0 aliphatic carbocycles. The maximum atomic E-state index is 8.68. The van der Waals surface area contributed by atoms with E-state index in [2.05, 4.69) is 22.6 Å². The summed E-state index contributed by atoms with van der Waals surface area (Å²) in [7, 11) is 0. The van der Waals surface area contributed by atoms with Crippen LogP contribution in [0.5, 0.6) is 0 Å². The van der Waals surface area contributed by atoms with Gasteiger partial charge >= 0.3 is 0 Å². The van der Waals surface area contributed by atoms with E-state index in [1.54, 1.807) is 0 Å². The molecule has 0 heterocycles. The second kappa shape index (κ2) is 3.63. The van der Waals surface area contributed by atoms with E-state index < -0.39 is 6.10 Å². The fraction of sp³-hybridized carbons (Fsp3) is 1.00. The van der Waals surface area contributed by atoms with Gasteiger partial charge < -0.3 is 10.2 Å². The van der Waals surface area contributed by atoms with Crippen LogP contribution in [-0.2, 0) is 0 Å². The Bertz CT molecular complexity index is 47.0. The van der Waals surface area contributed by atoms with Crippen molar-refractivity contribution in [2.45, 2.75) is 17.0 Å². The SMILES string of the molecule is C[C@@H](I)[C@@H](O)CO. The highest BCUT2D eigenvalue weighted by atomic mass is 127. The smallest absolute Gasteiger partial charge is 0.0885 e. The van der Waals surface area contributed by atoms with Crippen molar-refractivity contribution in [3.05, 3.63) is 0 Å². The maximum Gasteiger partial charge on any atom is 0.0885 e. The van der Waals surface area contributed by atoms with Crippen molar-refractivity contribution in [2.75, 3.05) is 6.61 Å². The molecule has 0 aliphatic heterocycles. The molecule has 0 saturated heterocycles. The Hall–Kier alpha value is 0.650. The average molecular weight is 216 g/mol. The van der Waals surface area contributed by atoms with Crippen molar-refractivity contribution in [3.8, 4) is 0 Å². The fourth-order valence-corrected chi connectivity index (χ4v) is 0.373. The largest absolute Gasteiger partial charge is 0.394 e. The molecule has 2 nitrogen and oxygen atoms in total. The van der Waals surface area contributed by atoms with Crippen molar-refractivity contribution < 1.29 is 10.2 Å². The number of hydrogen-bond acceptors (Lipinski definition) is 2. The standard InChI is InChI=1S/C4H9IO2/c1-3(5)4(7)2-6/h3-4,6-7H,2H2,1H3/t3-,4+/m1/s1. The highest BCUT2D eigenvalue weighted by molar-refractivity contribution is 14.1. The van der Waals surface area contributed by atoms with E-state index >= 15 is 0 Å². The highest BCUT2D eigenvalue weighted by Crippen LogP contribution is 2.02. The third-order valence-electron chi connectivity index (χ3n) is 0.717. The summed E-state index contributed by atoms with van der Waals surface area (Å²) in [6, 6.07) is 0. The Morgan fingerprint density at radius 3 is 2.14 bits per heavy atom. The van der Waals surface area contributed by atoms with Gasteiger partial charge in [-0.05, 0) is 0 Å². The summed E-state index contributed by atoms with van der Waals surface area (Å²) in [5.41, 5.74) is 0. The van der Waals surface area contributed by atoms with Crippen LogP contribution in [0.4, 0.5) is 0 Å². The van der Waals surface area contributed by atoms with Gasteiger partial charge in [0.15, 0.2) is 0 Å². The topological polar surface area (TPSA) is 40.5 Å². The summed E-state index contributed by atoms with van der Waals surface area (Å²) in [6.45, 7) is 1.71. The third kappa shape index (κ3) is 3.25. The predicted molar refractivity (Wildman–Crippen MR) is 36.6 cm³/mol. The molecule has 0 aromatic heterocycles. The van der Waals surface area contributed by atoms with Gasteiger partial charge in [0, 0.05) is 3.92 Å². The van der Waals surface area contributed by atoms with Gasteiger partial charge in [-0.25, -0.2) is 0 Å². The van der Waals surface area contributed by atoms with Crippen molar-refractivity contribution >= 4 is 22.6 Å². The van der Waals surface area contributed by atoms with Crippen LogP contribution in [0.1, 0.15) is 6.92 Å². The first-order valence-electron chi connectivity index (χ1n) is 2.11. The van der Waals surface area contributed by atoms with E-state index in [0.717, 1.165) is 0 Å². The molecule has 0 saturated carbocycles. The Labute approximate surface area is 56.7 Å². The van der Waals surface area contributed by atoms with Crippen molar-refractivity contribution in [1.29, 1.82) is 0 Å². The van der Waals surface area contributed by atoms with Crippen LogP contribution in [0.3, 0.4) is 0 Å². The minimum atomic E-state index is -0.555. The molecule has 2 atom stereocenters. The number of hydrogen-bond donors (Lipinski definition) is 2. The second-order valence-electron chi connectivity index (χ2n) is 1.43. The van der Waals surface area contributed by atoms with Gasteiger partial charge in [0.1, 0.15) is 0 Å². The van der Waals surface area contributed by atoms with Gasteiger partial charge in [-0.15, -0.1) is 0 Å². The lowest BCUT2D eigenvalue weighted by Gasteiger charge is -2.06. The van der Waals surface area contributed by atoms with E-state index in [0.29, 0.717) is 0 Å². The fourth-order valence-electron chi connectivity index (χ4n) is 0.145. The lowest BCUT2D eigenvalue weighted by atomic mass is 10.3. The minimum absolute atomic E-state index is 0.135. The molecule has 0 unspecified atom stereocenters. The summed E-state index contributed by atoms with van der Waals surface area (Å²) < 4.78 is 0.141. The molecule has 0 radical (unpaired) electrons. The zero-order valence-corrected chi connectivity index (χ0v) is 6.29.